The van der Waals surface area contributed by atoms with E-state index < -0.39 is 0 Å². The minimum Gasteiger partial charge on any atom is -0.313 e. The number of likely N-dealkylation sites (N-methyl/N-ethyl adjacent to an activating group) is 1. The second-order valence-corrected chi connectivity index (χ2v) is 6.28. The van der Waals surface area contributed by atoms with Gasteiger partial charge in [0, 0.05) is 12.6 Å². The van der Waals surface area contributed by atoms with Crippen molar-refractivity contribution < 1.29 is 0 Å². The van der Waals surface area contributed by atoms with E-state index in [1.54, 1.807) is 0 Å². The number of nitrogens with one attached hydrogen (secondary N) is 1. The molecule has 2 fully saturated rings. The van der Waals surface area contributed by atoms with Crippen molar-refractivity contribution in [2.75, 3.05) is 26.2 Å². The van der Waals surface area contributed by atoms with Gasteiger partial charge in [0.15, 0.2) is 0 Å². The van der Waals surface area contributed by atoms with Crippen molar-refractivity contribution in [3.63, 3.8) is 0 Å². The van der Waals surface area contributed by atoms with Crippen LogP contribution in [-0.2, 0) is 0 Å². The smallest absolute Gasteiger partial charge is 0.0223 e. The lowest BCUT2D eigenvalue weighted by Gasteiger charge is -2.32. The summed E-state index contributed by atoms with van der Waals surface area (Å²) in [7, 11) is 0. The fraction of sp³-hybridized carbons (Fsp3) is 1.00. The highest BCUT2D eigenvalue weighted by atomic mass is 15.1. The van der Waals surface area contributed by atoms with Gasteiger partial charge in [0.1, 0.15) is 0 Å². The molecule has 18 heavy (non-hydrogen) atoms. The fourth-order valence-corrected chi connectivity index (χ4v) is 3.78. The number of hydrogen-bond acceptors (Lipinski definition) is 2. The van der Waals surface area contributed by atoms with Crippen LogP contribution in [0.5, 0.6) is 0 Å². The summed E-state index contributed by atoms with van der Waals surface area (Å²) in [6.45, 7) is 7.38. The van der Waals surface area contributed by atoms with Crippen molar-refractivity contribution in [3.8, 4) is 0 Å². The molecule has 1 unspecified atom stereocenters. The summed E-state index contributed by atoms with van der Waals surface area (Å²) < 4.78 is 0. The van der Waals surface area contributed by atoms with E-state index in [0.717, 1.165) is 18.5 Å². The fourth-order valence-electron chi connectivity index (χ4n) is 3.78. The molecular weight excluding hydrogens is 220 g/mol. The molecule has 1 aliphatic carbocycles. The van der Waals surface area contributed by atoms with Crippen LogP contribution in [0.15, 0.2) is 0 Å². The second kappa shape index (κ2) is 8.16. The van der Waals surface area contributed by atoms with Crippen LogP contribution < -0.4 is 5.32 Å². The minimum absolute atomic E-state index is 0.761. The van der Waals surface area contributed by atoms with Gasteiger partial charge in [-0.05, 0) is 51.2 Å². The molecule has 1 saturated heterocycles. The Bertz CT molecular complexity index is 203. The molecule has 2 heteroatoms. The summed E-state index contributed by atoms with van der Waals surface area (Å²) in [6, 6.07) is 0.761. The SMILES string of the molecule is CCNC(CN1CCCCCCC1)C1CCCC1. The molecule has 1 heterocycles. The van der Waals surface area contributed by atoms with Gasteiger partial charge in [0.25, 0.3) is 0 Å². The van der Waals surface area contributed by atoms with E-state index in [9.17, 15) is 0 Å². The van der Waals surface area contributed by atoms with E-state index in [0.29, 0.717) is 0 Å². The highest BCUT2D eigenvalue weighted by molar-refractivity contribution is 4.83. The predicted molar refractivity (Wildman–Crippen MR) is 78.9 cm³/mol. The molecule has 1 saturated carbocycles. The maximum absolute atomic E-state index is 3.77. The highest BCUT2D eigenvalue weighted by Crippen LogP contribution is 2.28. The molecule has 0 spiro atoms. The third-order valence-electron chi connectivity index (χ3n) is 4.84. The lowest BCUT2D eigenvalue weighted by molar-refractivity contribution is 0.195. The lowest BCUT2D eigenvalue weighted by Crippen LogP contribution is -2.45. The summed E-state index contributed by atoms with van der Waals surface area (Å²) in [5.74, 6) is 0.954. The lowest BCUT2D eigenvalue weighted by atomic mass is 9.97. The molecule has 0 aromatic heterocycles. The molecule has 2 rings (SSSR count). The van der Waals surface area contributed by atoms with Crippen molar-refractivity contribution in [3.05, 3.63) is 0 Å². The van der Waals surface area contributed by atoms with Crippen molar-refractivity contribution in [1.29, 1.82) is 0 Å². The third-order valence-corrected chi connectivity index (χ3v) is 4.84. The zero-order chi connectivity index (χ0) is 12.6. The molecule has 1 N–H and O–H groups in total. The molecule has 0 bridgehead atoms. The Morgan fingerprint density at radius 3 is 2.17 bits per heavy atom. The molecule has 2 aliphatic rings. The summed E-state index contributed by atoms with van der Waals surface area (Å²) >= 11 is 0. The Kier molecular flexibility index (Phi) is 6.50. The average molecular weight is 252 g/mol. The summed E-state index contributed by atoms with van der Waals surface area (Å²) in [4.78, 5) is 2.74. The Hall–Kier alpha value is -0.0800. The van der Waals surface area contributed by atoms with Crippen LogP contribution in [0.25, 0.3) is 0 Å². The summed E-state index contributed by atoms with van der Waals surface area (Å²) in [5.41, 5.74) is 0. The Morgan fingerprint density at radius 2 is 1.56 bits per heavy atom. The Morgan fingerprint density at radius 1 is 0.944 bits per heavy atom. The van der Waals surface area contributed by atoms with E-state index in [4.69, 9.17) is 0 Å². The first-order chi connectivity index (χ1) is 8.90. The summed E-state index contributed by atoms with van der Waals surface area (Å²) in [6.07, 6.45) is 13.1. The first-order valence-corrected chi connectivity index (χ1v) is 8.36. The number of nitrogens with zero attached hydrogens (tertiary/aromatic N) is 1. The van der Waals surface area contributed by atoms with Crippen LogP contribution in [-0.4, -0.2) is 37.1 Å². The standard InChI is InChI=1S/C16H32N2/c1-2-17-16(15-10-6-7-11-15)14-18-12-8-4-3-5-9-13-18/h15-17H,2-14H2,1H3. The van der Waals surface area contributed by atoms with E-state index in [1.165, 1.54) is 77.4 Å². The van der Waals surface area contributed by atoms with Gasteiger partial charge in [-0.3, -0.25) is 0 Å². The molecule has 2 nitrogen and oxygen atoms in total. The molecule has 0 amide bonds. The maximum Gasteiger partial charge on any atom is 0.0223 e. The van der Waals surface area contributed by atoms with E-state index in [-0.39, 0.29) is 0 Å². The van der Waals surface area contributed by atoms with Gasteiger partial charge in [-0.25, -0.2) is 0 Å². The van der Waals surface area contributed by atoms with Crippen LogP contribution in [0, 0.1) is 5.92 Å². The number of rotatable bonds is 5. The van der Waals surface area contributed by atoms with Gasteiger partial charge < -0.3 is 10.2 Å². The molecule has 106 valence electrons. The normalized spacial score (nSPS) is 25.8. The molecular formula is C16H32N2. The average Bonchev–Trinajstić information content (AvgIpc) is 2.85. The maximum atomic E-state index is 3.77. The van der Waals surface area contributed by atoms with Crippen LogP contribution in [0.2, 0.25) is 0 Å². The zero-order valence-corrected chi connectivity index (χ0v) is 12.3. The Labute approximate surface area is 114 Å². The minimum atomic E-state index is 0.761. The molecule has 0 aromatic carbocycles. The van der Waals surface area contributed by atoms with Gasteiger partial charge >= 0.3 is 0 Å². The second-order valence-electron chi connectivity index (χ2n) is 6.28. The Balaban J connectivity index is 1.81. The third kappa shape index (κ3) is 4.55. The predicted octanol–water partition coefficient (Wildman–Crippen LogP) is 3.42. The van der Waals surface area contributed by atoms with Gasteiger partial charge in [-0.1, -0.05) is 39.0 Å². The first kappa shape index (κ1) is 14.3. The molecule has 0 aromatic rings. The van der Waals surface area contributed by atoms with Gasteiger partial charge in [0.05, 0.1) is 0 Å². The molecule has 0 radical (unpaired) electrons. The van der Waals surface area contributed by atoms with Crippen molar-refractivity contribution >= 4 is 0 Å². The molecule has 1 aliphatic heterocycles. The molecule has 1 atom stereocenters. The van der Waals surface area contributed by atoms with Crippen LogP contribution in [0.3, 0.4) is 0 Å². The van der Waals surface area contributed by atoms with E-state index >= 15 is 0 Å². The van der Waals surface area contributed by atoms with Gasteiger partial charge in [-0.2, -0.15) is 0 Å². The topological polar surface area (TPSA) is 15.3 Å². The van der Waals surface area contributed by atoms with Crippen molar-refractivity contribution in [1.82, 2.24) is 10.2 Å². The van der Waals surface area contributed by atoms with E-state index in [1.807, 2.05) is 0 Å². The van der Waals surface area contributed by atoms with Crippen LogP contribution in [0.4, 0.5) is 0 Å². The quantitative estimate of drug-likeness (QED) is 0.806. The van der Waals surface area contributed by atoms with Gasteiger partial charge in [0.2, 0.25) is 0 Å². The highest BCUT2D eigenvalue weighted by Gasteiger charge is 2.26. The first-order valence-electron chi connectivity index (χ1n) is 8.36. The zero-order valence-electron chi connectivity index (χ0n) is 12.3. The number of hydrogen-bond donors (Lipinski definition) is 1. The summed E-state index contributed by atoms with van der Waals surface area (Å²) in [5, 5.41) is 3.77. The van der Waals surface area contributed by atoms with Crippen LogP contribution >= 0.6 is 0 Å². The van der Waals surface area contributed by atoms with E-state index in [2.05, 4.69) is 17.1 Å². The van der Waals surface area contributed by atoms with Crippen LogP contribution in [0.1, 0.15) is 64.7 Å². The largest absolute Gasteiger partial charge is 0.313 e. The van der Waals surface area contributed by atoms with Gasteiger partial charge in [-0.15, -0.1) is 0 Å². The van der Waals surface area contributed by atoms with Crippen molar-refractivity contribution in [2.24, 2.45) is 5.92 Å². The number of likely N-dealkylation sites (tertiary alicyclic amines) is 1. The monoisotopic (exact) mass is 252 g/mol. The van der Waals surface area contributed by atoms with Crippen molar-refractivity contribution in [2.45, 2.75) is 70.8 Å².